The van der Waals surface area contributed by atoms with Crippen LogP contribution in [0, 0.1) is 13.8 Å². The summed E-state index contributed by atoms with van der Waals surface area (Å²) in [5.74, 6) is 1.17. The summed E-state index contributed by atoms with van der Waals surface area (Å²) in [5, 5.41) is 19.5. The number of hydrogen-bond donors (Lipinski definition) is 2. The van der Waals surface area contributed by atoms with Crippen LogP contribution in [0.15, 0.2) is 48.5 Å². The van der Waals surface area contributed by atoms with Crippen LogP contribution in [-0.2, 0) is 4.79 Å². The van der Waals surface area contributed by atoms with Crippen molar-refractivity contribution in [2.75, 3.05) is 12.4 Å². The zero-order valence-electron chi connectivity index (χ0n) is 17.6. The second kappa shape index (κ2) is 9.25. The highest BCUT2D eigenvalue weighted by Gasteiger charge is 2.12. The van der Waals surface area contributed by atoms with Gasteiger partial charge < -0.3 is 10.1 Å². The zero-order valence-corrected chi connectivity index (χ0v) is 19.3. The second-order valence-corrected chi connectivity index (χ2v) is 8.29. The Bertz CT molecular complexity index is 1320. The van der Waals surface area contributed by atoms with Crippen LogP contribution in [0.4, 0.5) is 5.69 Å². The van der Waals surface area contributed by atoms with Gasteiger partial charge in [-0.25, -0.2) is 0 Å². The summed E-state index contributed by atoms with van der Waals surface area (Å²) >= 11 is 6.78. The van der Waals surface area contributed by atoms with Crippen molar-refractivity contribution in [3.05, 3.63) is 65.5 Å². The number of hydrogen-bond acceptors (Lipinski definition) is 7. The van der Waals surface area contributed by atoms with Gasteiger partial charge in [0.15, 0.2) is 10.9 Å². The number of carbonyl (C=O) groups is 1. The van der Waals surface area contributed by atoms with E-state index in [-0.39, 0.29) is 11.0 Å². The van der Waals surface area contributed by atoms with Crippen molar-refractivity contribution in [2.24, 2.45) is 0 Å². The first-order chi connectivity index (χ1) is 15.4. The van der Waals surface area contributed by atoms with Crippen LogP contribution in [0.1, 0.15) is 17.0 Å². The van der Waals surface area contributed by atoms with Gasteiger partial charge in [-0.3, -0.25) is 10.1 Å². The molecule has 4 rings (SSSR count). The third-order valence-electron chi connectivity index (χ3n) is 4.66. The molecule has 162 valence electrons. The van der Waals surface area contributed by atoms with Crippen molar-refractivity contribution in [3.8, 4) is 16.3 Å². The minimum Gasteiger partial charge on any atom is -0.497 e. The summed E-state index contributed by atoms with van der Waals surface area (Å²) < 4.78 is 6.84. The van der Waals surface area contributed by atoms with E-state index in [9.17, 15) is 4.79 Å². The fourth-order valence-electron chi connectivity index (χ4n) is 2.92. The molecule has 0 aliphatic carbocycles. The van der Waals surface area contributed by atoms with Gasteiger partial charge in [-0.15, -0.1) is 10.2 Å². The van der Waals surface area contributed by atoms with Gasteiger partial charge in [0.1, 0.15) is 10.8 Å². The topological polar surface area (TPSA) is 93.4 Å². The van der Waals surface area contributed by atoms with Crippen LogP contribution in [0.25, 0.3) is 21.6 Å². The van der Waals surface area contributed by atoms with E-state index in [1.54, 1.807) is 17.7 Å². The van der Waals surface area contributed by atoms with Crippen LogP contribution in [-0.4, -0.2) is 37.9 Å². The minimum atomic E-state index is -0.323. The van der Waals surface area contributed by atoms with Crippen LogP contribution < -0.4 is 15.4 Å². The van der Waals surface area contributed by atoms with Gasteiger partial charge >= 0.3 is 0 Å². The fraction of sp³-hybridized carbons (Fsp3) is 0.136. The Morgan fingerprint density at radius 3 is 2.66 bits per heavy atom. The monoisotopic (exact) mass is 464 g/mol. The standard InChI is InChI=1S/C22H20N6O2S2/c1-13-4-8-16(20-27-28-14(2)25-26-22(28)32-20)12-18(13)23-21(31)24-19(29)11-7-15-5-9-17(30-3)10-6-15/h4-12H,1-3H3,(H2,23,24,29,31)/b11-7+. The average Bonchev–Trinajstić information content (AvgIpc) is 3.36. The molecule has 4 aromatic rings. The number of nitrogens with one attached hydrogen (secondary N) is 2. The van der Waals surface area contributed by atoms with Crippen molar-refractivity contribution < 1.29 is 9.53 Å². The molecule has 0 saturated carbocycles. The number of methoxy groups -OCH3 is 1. The molecule has 8 nitrogen and oxygen atoms in total. The van der Waals surface area contributed by atoms with Crippen molar-refractivity contribution in [1.29, 1.82) is 0 Å². The highest BCUT2D eigenvalue weighted by Crippen LogP contribution is 2.29. The van der Waals surface area contributed by atoms with Gasteiger partial charge in [-0.1, -0.05) is 35.6 Å². The highest BCUT2D eigenvalue weighted by molar-refractivity contribution is 7.80. The maximum atomic E-state index is 12.2. The van der Waals surface area contributed by atoms with E-state index in [2.05, 4.69) is 25.9 Å². The Hall–Kier alpha value is -3.63. The van der Waals surface area contributed by atoms with Crippen LogP contribution in [0.3, 0.4) is 0 Å². The molecule has 2 heterocycles. The summed E-state index contributed by atoms with van der Waals surface area (Å²) in [4.78, 5) is 13.0. The van der Waals surface area contributed by atoms with E-state index >= 15 is 0 Å². The van der Waals surface area contributed by atoms with E-state index in [1.165, 1.54) is 17.4 Å². The summed E-state index contributed by atoms with van der Waals surface area (Å²) in [7, 11) is 1.61. The number of fused-ring (bicyclic) bond motifs is 1. The van der Waals surface area contributed by atoms with Gasteiger partial charge in [-0.05, 0) is 61.5 Å². The van der Waals surface area contributed by atoms with Gasteiger partial charge in [0.2, 0.25) is 10.9 Å². The largest absolute Gasteiger partial charge is 0.497 e. The average molecular weight is 465 g/mol. The predicted octanol–water partition coefficient (Wildman–Crippen LogP) is 4.00. The molecule has 0 unspecified atom stereocenters. The molecule has 1 amide bonds. The first kappa shape index (κ1) is 21.6. The van der Waals surface area contributed by atoms with E-state index in [0.29, 0.717) is 0 Å². The molecule has 0 aliphatic rings. The molecule has 2 aromatic heterocycles. The lowest BCUT2D eigenvalue weighted by Crippen LogP contribution is -2.33. The SMILES string of the molecule is COc1ccc(/C=C/C(=O)NC(=S)Nc2cc(-c3nn4c(C)nnc4s3)ccc2C)cc1. The molecular weight excluding hydrogens is 444 g/mol. The number of aryl methyl sites for hydroxylation is 2. The smallest absolute Gasteiger partial charge is 0.250 e. The Kier molecular flexibility index (Phi) is 6.24. The van der Waals surface area contributed by atoms with Crippen LogP contribution in [0.2, 0.25) is 0 Å². The molecule has 0 aliphatic heterocycles. The van der Waals surface area contributed by atoms with Crippen molar-refractivity contribution in [2.45, 2.75) is 13.8 Å². The zero-order chi connectivity index (χ0) is 22.7. The number of rotatable bonds is 5. The maximum absolute atomic E-state index is 12.2. The third-order valence-corrected chi connectivity index (χ3v) is 5.81. The molecule has 2 aromatic carbocycles. The summed E-state index contributed by atoms with van der Waals surface area (Å²) in [6.07, 6.45) is 3.14. The number of thiocarbonyl (C=S) groups is 1. The van der Waals surface area contributed by atoms with E-state index in [4.69, 9.17) is 17.0 Å². The second-order valence-electron chi connectivity index (χ2n) is 6.93. The lowest BCUT2D eigenvalue weighted by molar-refractivity contribution is -0.115. The molecule has 10 heteroatoms. The van der Waals surface area contributed by atoms with Crippen molar-refractivity contribution in [1.82, 2.24) is 25.1 Å². The Morgan fingerprint density at radius 1 is 1.16 bits per heavy atom. The lowest BCUT2D eigenvalue weighted by atomic mass is 10.1. The normalized spacial score (nSPS) is 11.1. The maximum Gasteiger partial charge on any atom is 0.250 e. The number of nitrogens with zero attached hydrogens (tertiary/aromatic N) is 4. The first-order valence-electron chi connectivity index (χ1n) is 9.67. The van der Waals surface area contributed by atoms with E-state index < -0.39 is 0 Å². The molecule has 0 bridgehead atoms. The van der Waals surface area contributed by atoms with Crippen molar-refractivity contribution >= 4 is 51.3 Å². The number of aromatic nitrogens is 4. The molecule has 32 heavy (non-hydrogen) atoms. The number of ether oxygens (including phenoxy) is 1. The summed E-state index contributed by atoms with van der Waals surface area (Å²) in [6.45, 7) is 3.82. The summed E-state index contributed by atoms with van der Waals surface area (Å²) in [6, 6.07) is 13.3. The molecule has 0 atom stereocenters. The van der Waals surface area contributed by atoms with Gasteiger partial charge in [0.25, 0.3) is 0 Å². The van der Waals surface area contributed by atoms with Gasteiger partial charge in [0.05, 0.1) is 7.11 Å². The quantitative estimate of drug-likeness (QED) is 0.341. The Morgan fingerprint density at radius 2 is 1.94 bits per heavy atom. The first-order valence-corrected chi connectivity index (χ1v) is 10.9. The molecule has 0 radical (unpaired) electrons. The van der Waals surface area contributed by atoms with Crippen LogP contribution in [0.5, 0.6) is 5.75 Å². The number of anilines is 1. The van der Waals surface area contributed by atoms with Crippen molar-refractivity contribution in [3.63, 3.8) is 0 Å². The third kappa shape index (κ3) is 4.82. The molecule has 0 fully saturated rings. The van der Waals surface area contributed by atoms with E-state index in [0.717, 1.165) is 43.9 Å². The minimum absolute atomic E-state index is 0.212. The Balaban J connectivity index is 1.42. The van der Waals surface area contributed by atoms with Gasteiger partial charge in [0, 0.05) is 17.3 Å². The van der Waals surface area contributed by atoms with E-state index in [1.807, 2.05) is 56.3 Å². The van der Waals surface area contributed by atoms with Gasteiger partial charge in [-0.2, -0.15) is 9.61 Å². The summed E-state index contributed by atoms with van der Waals surface area (Å²) in [5.41, 5.74) is 3.57. The number of amides is 1. The van der Waals surface area contributed by atoms with Crippen LogP contribution >= 0.6 is 23.6 Å². The lowest BCUT2D eigenvalue weighted by Gasteiger charge is -2.12. The Labute approximate surface area is 193 Å². The molecule has 2 N–H and O–H groups in total. The number of benzene rings is 2. The molecular formula is C22H20N6O2S2. The fourth-order valence-corrected chi connectivity index (χ4v) is 4.01. The predicted molar refractivity (Wildman–Crippen MR) is 130 cm³/mol. The molecule has 0 spiro atoms. The highest BCUT2D eigenvalue weighted by atomic mass is 32.1. The molecule has 0 saturated heterocycles. The number of carbonyl (C=O) groups excluding carboxylic acids is 1.